The standard InChI is InChI=1S/C29H36FN3O2/c30-23-2-1-18-13-33(14-21(18)8-23)25(34)12-31-28-9-17-5-22(11-28)29(10-17,15-28)32-27(35)26-20-4-16-3-19(7-20)24(26)6-16/h1-2,8,16-17,19-20,22,24,26,31H,3-7,9-15H2,(H,32,35). The fourth-order valence-electron chi connectivity index (χ4n) is 10.7. The van der Waals surface area contributed by atoms with Gasteiger partial charge in [0.1, 0.15) is 5.82 Å². The summed E-state index contributed by atoms with van der Waals surface area (Å²) >= 11 is 0. The van der Waals surface area contributed by atoms with Gasteiger partial charge in [-0.05, 0) is 117 Å². The van der Waals surface area contributed by atoms with Crippen molar-refractivity contribution in [3.63, 3.8) is 0 Å². The summed E-state index contributed by atoms with van der Waals surface area (Å²) in [5.74, 6) is 4.67. The van der Waals surface area contributed by atoms with Crippen molar-refractivity contribution in [1.82, 2.24) is 15.5 Å². The molecule has 8 aliphatic carbocycles. The number of benzene rings is 1. The Hall–Kier alpha value is -1.95. The van der Waals surface area contributed by atoms with Crippen molar-refractivity contribution in [3.8, 4) is 0 Å². The van der Waals surface area contributed by atoms with Crippen molar-refractivity contribution in [1.29, 1.82) is 0 Å². The topological polar surface area (TPSA) is 61.4 Å². The minimum absolute atomic E-state index is 0.0272. The maximum absolute atomic E-state index is 13.7. The molecule has 35 heavy (non-hydrogen) atoms. The smallest absolute Gasteiger partial charge is 0.237 e. The van der Waals surface area contributed by atoms with Crippen molar-refractivity contribution >= 4 is 11.8 Å². The highest BCUT2D eigenvalue weighted by molar-refractivity contribution is 5.81. The molecule has 1 aromatic rings. The van der Waals surface area contributed by atoms with Gasteiger partial charge in [-0.2, -0.15) is 0 Å². The molecule has 5 nitrogen and oxygen atoms in total. The fraction of sp³-hybridized carbons (Fsp3) is 0.724. The van der Waals surface area contributed by atoms with Gasteiger partial charge in [0.2, 0.25) is 11.8 Å². The molecular weight excluding hydrogens is 441 g/mol. The van der Waals surface area contributed by atoms with Crippen molar-refractivity contribution in [3.05, 3.63) is 35.1 Å². The van der Waals surface area contributed by atoms with Crippen LogP contribution < -0.4 is 10.6 Å². The van der Waals surface area contributed by atoms with E-state index in [0.29, 0.717) is 49.2 Å². The van der Waals surface area contributed by atoms with Crippen LogP contribution >= 0.6 is 0 Å². The summed E-state index contributed by atoms with van der Waals surface area (Å²) in [6.07, 6.45) is 10.8. The Labute approximate surface area is 206 Å². The van der Waals surface area contributed by atoms with Crippen LogP contribution in [-0.4, -0.2) is 34.3 Å². The summed E-state index contributed by atoms with van der Waals surface area (Å²) in [6.45, 7) is 1.40. The Bertz CT molecular complexity index is 1120. The zero-order valence-corrected chi connectivity index (χ0v) is 20.4. The second-order valence-corrected chi connectivity index (χ2v) is 13.5. The van der Waals surface area contributed by atoms with Crippen LogP contribution in [-0.2, 0) is 22.7 Å². The normalized spacial score (nSPS) is 45.5. The van der Waals surface area contributed by atoms with E-state index in [0.717, 1.165) is 48.6 Å². The molecule has 2 N–H and O–H groups in total. The van der Waals surface area contributed by atoms with E-state index in [2.05, 4.69) is 10.6 Å². The highest BCUT2D eigenvalue weighted by Gasteiger charge is 2.65. The van der Waals surface area contributed by atoms with Gasteiger partial charge in [-0.15, -0.1) is 0 Å². The second kappa shape index (κ2) is 7.08. The van der Waals surface area contributed by atoms with Gasteiger partial charge < -0.3 is 15.5 Å². The van der Waals surface area contributed by atoms with Crippen molar-refractivity contribution in [2.75, 3.05) is 6.54 Å². The summed E-state index contributed by atoms with van der Waals surface area (Å²) in [5.41, 5.74) is 1.89. The number of amides is 2. The Morgan fingerprint density at radius 2 is 1.83 bits per heavy atom. The predicted octanol–water partition coefficient (Wildman–Crippen LogP) is 3.76. The van der Waals surface area contributed by atoms with Crippen LogP contribution in [0.25, 0.3) is 0 Å². The third-order valence-corrected chi connectivity index (χ3v) is 11.6. The lowest BCUT2D eigenvalue weighted by atomic mass is 9.73. The number of carbonyl (C=O) groups is 2. The number of rotatable bonds is 5. The molecule has 1 aromatic carbocycles. The van der Waals surface area contributed by atoms with E-state index >= 15 is 0 Å². The predicted molar refractivity (Wildman–Crippen MR) is 128 cm³/mol. The van der Waals surface area contributed by atoms with Crippen molar-refractivity contribution in [2.45, 2.75) is 82.0 Å². The second-order valence-electron chi connectivity index (χ2n) is 13.5. The third kappa shape index (κ3) is 3.07. The summed E-state index contributed by atoms with van der Waals surface area (Å²) in [7, 11) is 0. The van der Waals surface area contributed by atoms with Crippen LogP contribution in [0.1, 0.15) is 68.9 Å². The van der Waals surface area contributed by atoms with Crippen LogP contribution in [0.4, 0.5) is 4.39 Å². The molecule has 8 fully saturated rings. The lowest BCUT2D eigenvalue weighted by Crippen LogP contribution is -2.57. The lowest BCUT2D eigenvalue weighted by Gasteiger charge is -2.43. The number of fused-ring (bicyclic) bond motifs is 1. The van der Waals surface area contributed by atoms with Crippen molar-refractivity contribution in [2.24, 2.45) is 41.4 Å². The number of nitrogens with one attached hydrogen (secondary N) is 2. The zero-order chi connectivity index (χ0) is 23.5. The minimum atomic E-state index is -0.237. The van der Waals surface area contributed by atoms with Gasteiger partial charge in [-0.25, -0.2) is 4.39 Å². The number of halogens is 1. The van der Waals surface area contributed by atoms with Gasteiger partial charge >= 0.3 is 0 Å². The molecule has 186 valence electrons. The van der Waals surface area contributed by atoms with E-state index in [1.807, 2.05) is 4.90 Å². The van der Waals surface area contributed by atoms with Gasteiger partial charge in [0, 0.05) is 30.1 Å². The molecule has 10 rings (SSSR count). The number of hydrogen-bond donors (Lipinski definition) is 2. The van der Waals surface area contributed by atoms with Crippen molar-refractivity contribution < 1.29 is 14.0 Å². The Morgan fingerprint density at radius 1 is 0.971 bits per heavy atom. The molecule has 0 aromatic heterocycles. The molecule has 1 aliphatic heterocycles. The van der Waals surface area contributed by atoms with E-state index < -0.39 is 0 Å². The van der Waals surface area contributed by atoms with E-state index in [9.17, 15) is 14.0 Å². The first-order chi connectivity index (χ1) is 16.9. The lowest BCUT2D eigenvalue weighted by molar-refractivity contribution is -0.132. The number of nitrogens with zero attached hydrogens (tertiary/aromatic N) is 1. The number of carbonyl (C=O) groups excluding carboxylic acids is 2. The molecule has 1 heterocycles. The van der Waals surface area contributed by atoms with Crippen LogP contribution in [0.3, 0.4) is 0 Å². The molecule has 9 aliphatic rings. The van der Waals surface area contributed by atoms with Crippen LogP contribution in [0, 0.1) is 47.2 Å². The molecule has 8 bridgehead atoms. The first-order valence-corrected chi connectivity index (χ1v) is 14.0. The van der Waals surface area contributed by atoms with Crippen LogP contribution in [0.2, 0.25) is 0 Å². The molecule has 9 atom stereocenters. The third-order valence-electron chi connectivity index (χ3n) is 11.6. The first-order valence-electron chi connectivity index (χ1n) is 14.0. The van der Waals surface area contributed by atoms with E-state index in [1.54, 1.807) is 12.1 Å². The Kier molecular flexibility index (Phi) is 4.28. The fourth-order valence-corrected chi connectivity index (χ4v) is 10.7. The van der Waals surface area contributed by atoms with Crippen LogP contribution in [0.5, 0.6) is 0 Å². The van der Waals surface area contributed by atoms with Crippen LogP contribution in [0.15, 0.2) is 18.2 Å². The zero-order valence-electron chi connectivity index (χ0n) is 20.4. The quantitative estimate of drug-likeness (QED) is 0.679. The Balaban J connectivity index is 0.940. The Morgan fingerprint density at radius 3 is 2.71 bits per heavy atom. The molecule has 6 heteroatoms. The molecule has 9 unspecified atom stereocenters. The van der Waals surface area contributed by atoms with Gasteiger partial charge in [0.05, 0.1) is 6.54 Å². The van der Waals surface area contributed by atoms with E-state index in [4.69, 9.17) is 0 Å². The highest BCUT2D eigenvalue weighted by atomic mass is 19.1. The SMILES string of the molecule is O=C(NC12CC3CC1CC(NCC(=O)N1Cc4ccc(F)cc4C1)(C3)C2)C1C2CC3CC(C2)C1C3. The molecule has 0 spiro atoms. The van der Waals surface area contributed by atoms with Gasteiger partial charge in [0.25, 0.3) is 0 Å². The van der Waals surface area contributed by atoms with Gasteiger partial charge in [-0.1, -0.05) is 6.07 Å². The molecule has 8 saturated carbocycles. The average molecular weight is 478 g/mol. The molecule has 2 amide bonds. The van der Waals surface area contributed by atoms with E-state index in [-0.39, 0.29) is 28.7 Å². The highest BCUT2D eigenvalue weighted by Crippen LogP contribution is 2.64. The van der Waals surface area contributed by atoms with E-state index in [1.165, 1.54) is 38.2 Å². The largest absolute Gasteiger partial charge is 0.350 e. The maximum Gasteiger partial charge on any atom is 0.237 e. The summed E-state index contributed by atoms with van der Waals surface area (Å²) in [5, 5.41) is 7.41. The summed E-state index contributed by atoms with van der Waals surface area (Å²) in [4.78, 5) is 28.6. The number of hydrogen-bond acceptors (Lipinski definition) is 3. The average Bonchev–Trinajstić information content (AvgIpc) is 3.53. The first kappa shape index (κ1) is 21.2. The maximum atomic E-state index is 13.7. The van der Waals surface area contributed by atoms with Gasteiger partial charge in [0.15, 0.2) is 0 Å². The molecule has 0 saturated heterocycles. The summed E-state index contributed by atoms with van der Waals surface area (Å²) < 4.78 is 13.6. The summed E-state index contributed by atoms with van der Waals surface area (Å²) in [6, 6.07) is 4.83. The molecule has 0 radical (unpaired) electrons. The molecular formula is C29H36FN3O2. The monoisotopic (exact) mass is 477 g/mol. The minimum Gasteiger partial charge on any atom is -0.350 e. The van der Waals surface area contributed by atoms with Gasteiger partial charge in [-0.3, -0.25) is 9.59 Å².